The number of urea groups is 1. The van der Waals surface area contributed by atoms with Gasteiger partial charge in [0.05, 0.1) is 22.5 Å². The zero-order valence-electron chi connectivity index (χ0n) is 22.4. The van der Waals surface area contributed by atoms with Gasteiger partial charge in [0.15, 0.2) is 0 Å². The number of carbonyl (C=O) groups is 3. The van der Waals surface area contributed by atoms with Crippen LogP contribution in [0, 0.1) is 12.7 Å². The van der Waals surface area contributed by atoms with Gasteiger partial charge in [-0.2, -0.15) is 0 Å². The molecule has 0 saturated heterocycles. The highest BCUT2D eigenvalue weighted by Crippen LogP contribution is 2.40. The van der Waals surface area contributed by atoms with Crippen molar-refractivity contribution in [1.29, 1.82) is 0 Å². The highest BCUT2D eigenvalue weighted by molar-refractivity contribution is 6.09. The Hall–Kier alpha value is -4.70. The van der Waals surface area contributed by atoms with Crippen LogP contribution < -0.4 is 10.6 Å². The van der Waals surface area contributed by atoms with Crippen LogP contribution in [0.4, 0.5) is 25.4 Å². The number of rotatable bonds is 6. The Labute approximate surface area is 230 Å². The number of fused-ring (bicyclic) bond motifs is 1. The van der Waals surface area contributed by atoms with Gasteiger partial charge in [-0.05, 0) is 93.4 Å². The summed E-state index contributed by atoms with van der Waals surface area (Å²) in [6.45, 7) is 2.26. The fourth-order valence-corrected chi connectivity index (χ4v) is 4.59. The molecule has 1 fully saturated rings. The van der Waals surface area contributed by atoms with Gasteiger partial charge in [-0.3, -0.25) is 0 Å². The van der Waals surface area contributed by atoms with Gasteiger partial charge in [0.2, 0.25) is 0 Å². The average molecular weight is 545 g/mol. The molecule has 1 aliphatic rings. The van der Waals surface area contributed by atoms with E-state index >= 15 is 0 Å². The molecule has 9 nitrogen and oxygen atoms in total. The molecule has 40 heavy (non-hydrogen) atoms. The minimum atomic E-state index is -1.03. The zero-order chi connectivity index (χ0) is 28.4. The Kier molecular flexibility index (Phi) is 7.52. The zero-order valence-corrected chi connectivity index (χ0v) is 22.4. The fraction of sp³-hybridized carbons (Fsp3) is 0.233. The molecule has 1 aromatic heterocycles. The van der Waals surface area contributed by atoms with Crippen LogP contribution in [0.3, 0.4) is 0 Å². The summed E-state index contributed by atoms with van der Waals surface area (Å²) >= 11 is 0. The maximum atomic E-state index is 14.2. The summed E-state index contributed by atoms with van der Waals surface area (Å²) in [5.41, 5.74) is 3.76. The smallest absolute Gasteiger partial charge is 0.308 e. The number of halogens is 1. The van der Waals surface area contributed by atoms with E-state index in [2.05, 4.69) is 10.6 Å². The summed E-state index contributed by atoms with van der Waals surface area (Å²) < 4.78 is 15.3. The van der Waals surface area contributed by atoms with Crippen molar-refractivity contribution >= 4 is 40.4 Å². The Morgan fingerprint density at radius 3 is 2.30 bits per heavy atom. The lowest BCUT2D eigenvalue weighted by Crippen LogP contribution is -2.21. The van der Waals surface area contributed by atoms with Crippen molar-refractivity contribution in [2.45, 2.75) is 32.2 Å². The molecule has 0 bridgehead atoms. The van der Waals surface area contributed by atoms with Crippen LogP contribution in [0.15, 0.2) is 66.7 Å². The van der Waals surface area contributed by atoms with Gasteiger partial charge in [-0.1, -0.05) is 24.3 Å². The Bertz CT molecular complexity index is 1570. The lowest BCUT2D eigenvalue weighted by atomic mass is 10.1. The number of aromatic nitrogens is 1. The van der Waals surface area contributed by atoms with Crippen molar-refractivity contribution in [3.63, 3.8) is 0 Å². The number of hydrogen-bond acceptors (Lipinski definition) is 6. The van der Waals surface area contributed by atoms with Crippen molar-refractivity contribution in [3.05, 3.63) is 94.9 Å². The highest BCUT2D eigenvalue weighted by Gasteiger charge is 2.25. The Balaban J connectivity index is 1.30. The standard InChI is InChI=1S/C30H29FN4O5/c1-18-27(33-29(37)32-24-13-10-21(11-14-24)20-8-9-20)25-16-23(31)12-15-26(25)35(18)30(38)40-39-28(36)22-6-4-19(5-7-22)17-34(2)3/h4-7,10-16,20H,8-9,17H2,1-3H3,(H2,32,33,37). The van der Waals surface area contributed by atoms with E-state index < -0.39 is 23.9 Å². The van der Waals surface area contributed by atoms with Gasteiger partial charge in [-0.15, -0.1) is 0 Å². The quantitative estimate of drug-likeness (QED) is 0.214. The molecule has 0 spiro atoms. The van der Waals surface area contributed by atoms with Crippen LogP contribution in [0.25, 0.3) is 10.9 Å². The minimum absolute atomic E-state index is 0.204. The minimum Gasteiger partial charge on any atom is -0.308 e. The van der Waals surface area contributed by atoms with Crippen molar-refractivity contribution < 1.29 is 28.5 Å². The summed E-state index contributed by atoms with van der Waals surface area (Å²) in [5, 5.41) is 5.73. The molecule has 1 saturated carbocycles. The van der Waals surface area contributed by atoms with Gasteiger partial charge in [0.25, 0.3) is 0 Å². The summed E-state index contributed by atoms with van der Waals surface area (Å²) in [4.78, 5) is 49.9. The van der Waals surface area contributed by atoms with Crippen molar-refractivity contribution in [1.82, 2.24) is 9.47 Å². The normalized spacial score (nSPS) is 12.8. The molecule has 3 aromatic carbocycles. The van der Waals surface area contributed by atoms with Crippen LogP contribution in [0.2, 0.25) is 0 Å². The maximum Gasteiger partial charge on any atom is 0.461 e. The summed E-state index contributed by atoms with van der Waals surface area (Å²) in [7, 11) is 3.87. The average Bonchev–Trinajstić information content (AvgIpc) is 3.74. The first kappa shape index (κ1) is 26.9. The van der Waals surface area contributed by atoms with E-state index in [-0.39, 0.29) is 27.8 Å². The molecular formula is C30H29FN4O5. The Morgan fingerprint density at radius 2 is 1.65 bits per heavy atom. The molecule has 2 N–H and O–H groups in total. The molecule has 2 amide bonds. The van der Waals surface area contributed by atoms with Crippen LogP contribution >= 0.6 is 0 Å². The molecule has 4 aromatic rings. The number of hydrogen-bond donors (Lipinski definition) is 2. The van der Waals surface area contributed by atoms with Crippen LogP contribution in [-0.4, -0.2) is 41.7 Å². The van der Waals surface area contributed by atoms with E-state index in [1.165, 1.54) is 36.6 Å². The Morgan fingerprint density at radius 1 is 0.950 bits per heavy atom. The van der Waals surface area contributed by atoms with Crippen molar-refractivity contribution in [2.75, 3.05) is 24.7 Å². The number of carbonyl (C=O) groups excluding carboxylic acids is 3. The largest absolute Gasteiger partial charge is 0.461 e. The van der Waals surface area contributed by atoms with E-state index in [4.69, 9.17) is 9.78 Å². The van der Waals surface area contributed by atoms with Gasteiger partial charge in [0, 0.05) is 17.6 Å². The molecule has 10 heteroatoms. The molecule has 0 aliphatic heterocycles. The number of amides is 2. The van der Waals surface area contributed by atoms with Gasteiger partial charge in [-0.25, -0.2) is 33.1 Å². The lowest BCUT2D eigenvalue weighted by Gasteiger charge is -2.10. The van der Waals surface area contributed by atoms with Crippen molar-refractivity contribution in [3.8, 4) is 0 Å². The topological polar surface area (TPSA) is 102 Å². The summed E-state index contributed by atoms with van der Waals surface area (Å²) in [5.74, 6) is -0.809. The maximum absolute atomic E-state index is 14.2. The molecule has 0 unspecified atom stereocenters. The third-order valence-electron chi connectivity index (χ3n) is 6.68. The SMILES string of the molecule is Cc1c(NC(=O)Nc2ccc(C3CC3)cc2)c2cc(F)ccc2n1C(=O)OOC(=O)c1ccc(CN(C)C)cc1. The highest BCUT2D eigenvalue weighted by atomic mass is 19.1. The third kappa shape index (κ3) is 5.97. The first-order valence-corrected chi connectivity index (χ1v) is 12.8. The second kappa shape index (κ2) is 11.2. The van der Waals surface area contributed by atoms with Crippen molar-refractivity contribution in [2.24, 2.45) is 0 Å². The molecule has 5 rings (SSSR count). The third-order valence-corrected chi connectivity index (χ3v) is 6.68. The van der Waals surface area contributed by atoms with E-state index in [1.807, 2.05) is 43.3 Å². The van der Waals surface area contributed by atoms with E-state index in [9.17, 15) is 18.8 Å². The molecule has 0 atom stereocenters. The number of benzene rings is 3. The van der Waals surface area contributed by atoms with E-state index in [0.717, 1.165) is 10.1 Å². The predicted octanol–water partition coefficient (Wildman–Crippen LogP) is 6.43. The first-order chi connectivity index (χ1) is 19.2. The summed E-state index contributed by atoms with van der Waals surface area (Å²) in [6, 6.07) is 17.5. The van der Waals surface area contributed by atoms with Crippen LogP contribution in [0.1, 0.15) is 45.9 Å². The molecule has 1 aliphatic carbocycles. The second-order valence-electron chi connectivity index (χ2n) is 10.1. The monoisotopic (exact) mass is 544 g/mol. The fourth-order valence-electron chi connectivity index (χ4n) is 4.59. The number of nitrogens with one attached hydrogen (secondary N) is 2. The second-order valence-corrected chi connectivity index (χ2v) is 10.1. The molecule has 206 valence electrons. The summed E-state index contributed by atoms with van der Waals surface area (Å²) in [6.07, 6.45) is 1.33. The van der Waals surface area contributed by atoms with Crippen LogP contribution in [-0.2, 0) is 16.3 Å². The van der Waals surface area contributed by atoms with Gasteiger partial charge in [0.1, 0.15) is 5.82 Å². The van der Waals surface area contributed by atoms with E-state index in [1.54, 1.807) is 31.2 Å². The first-order valence-electron chi connectivity index (χ1n) is 12.8. The lowest BCUT2D eigenvalue weighted by molar-refractivity contribution is -0.182. The van der Waals surface area contributed by atoms with Gasteiger partial charge >= 0.3 is 18.1 Å². The van der Waals surface area contributed by atoms with Gasteiger partial charge < -0.3 is 15.5 Å². The molecule has 0 radical (unpaired) electrons. The molecule has 1 heterocycles. The predicted molar refractivity (Wildman–Crippen MR) is 149 cm³/mol. The number of nitrogens with zero attached hydrogens (tertiary/aromatic N) is 2. The molecular weight excluding hydrogens is 515 g/mol. The van der Waals surface area contributed by atoms with E-state index in [0.29, 0.717) is 18.2 Å². The van der Waals surface area contributed by atoms with Crippen LogP contribution in [0.5, 0.6) is 0 Å². The number of anilines is 2.